The molecule has 0 fully saturated rings. The molecule has 0 spiro atoms. The Kier molecular flexibility index (Phi) is 6.25. The van der Waals surface area contributed by atoms with Crippen LogP contribution in [0.5, 0.6) is 11.5 Å². The van der Waals surface area contributed by atoms with Crippen molar-refractivity contribution >= 4 is 56.9 Å². The Balaban J connectivity index is 1.40. The van der Waals surface area contributed by atoms with Crippen LogP contribution in [0.2, 0.25) is 10.0 Å². The molecule has 5 rings (SSSR count). The Bertz CT molecular complexity index is 1330. The van der Waals surface area contributed by atoms with E-state index < -0.39 is 0 Å². The molecule has 170 valence electrons. The molecule has 7 nitrogen and oxygen atoms in total. The lowest BCUT2D eigenvalue weighted by Gasteiger charge is -2.20. The minimum Gasteiger partial charge on any atom is -0.493 e. The van der Waals surface area contributed by atoms with Gasteiger partial charge in [-0.05, 0) is 31.3 Å². The van der Waals surface area contributed by atoms with Crippen molar-refractivity contribution in [2.24, 2.45) is 0 Å². The van der Waals surface area contributed by atoms with Gasteiger partial charge in [0, 0.05) is 41.5 Å². The van der Waals surface area contributed by atoms with E-state index in [2.05, 4.69) is 27.2 Å². The third-order valence-corrected chi connectivity index (χ3v) is 7.22. The van der Waals surface area contributed by atoms with Gasteiger partial charge >= 0.3 is 0 Å². The van der Waals surface area contributed by atoms with Crippen LogP contribution in [-0.2, 0) is 19.6 Å². The maximum Gasteiger partial charge on any atom is 0.163 e. The third-order valence-electron chi connectivity index (χ3n) is 5.42. The van der Waals surface area contributed by atoms with E-state index in [1.54, 1.807) is 30.6 Å². The Morgan fingerprint density at radius 3 is 2.82 bits per heavy atom. The second-order valence-electron chi connectivity index (χ2n) is 7.75. The molecule has 0 saturated carbocycles. The highest BCUT2D eigenvalue weighted by Crippen LogP contribution is 2.36. The molecule has 0 bridgehead atoms. The standard InChI is InChI=1S/C23H21Cl2N5O2S/c1-30-6-5-17-21(10-30)33-22(29-17)11-32-20-9-18-14(8-19(20)31-2)23(27-12-26-18)28-13-3-4-15(24)16(25)7-13/h3-4,7-9,12H,5-6,10-11H2,1-2H3,(H,26,27,28). The maximum absolute atomic E-state index is 6.14. The molecule has 0 unspecified atom stereocenters. The molecule has 10 heteroatoms. The smallest absolute Gasteiger partial charge is 0.163 e. The number of benzene rings is 2. The highest BCUT2D eigenvalue weighted by Gasteiger charge is 2.19. The highest BCUT2D eigenvalue weighted by atomic mass is 35.5. The number of halogens is 2. The number of methoxy groups -OCH3 is 1. The summed E-state index contributed by atoms with van der Waals surface area (Å²) in [7, 11) is 3.74. The van der Waals surface area contributed by atoms with Crippen molar-refractivity contribution in [2.75, 3.05) is 26.0 Å². The maximum atomic E-state index is 6.14. The van der Waals surface area contributed by atoms with Gasteiger partial charge in [-0.3, -0.25) is 0 Å². The van der Waals surface area contributed by atoms with Crippen molar-refractivity contribution < 1.29 is 9.47 Å². The normalized spacial score (nSPS) is 13.7. The molecule has 0 atom stereocenters. The van der Waals surface area contributed by atoms with Crippen LogP contribution in [-0.4, -0.2) is 40.6 Å². The number of aromatic nitrogens is 3. The first kappa shape index (κ1) is 22.2. The summed E-state index contributed by atoms with van der Waals surface area (Å²) in [6.45, 7) is 2.36. The number of likely N-dealkylation sites (N-methyl/N-ethyl adjacent to an activating group) is 1. The molecule has 33 heavy (non-hydrogen) atoms. The number of rotatable bonds is 6. The summed E-state index contributed by atoms with van der Waals surface area (Å²) < 4.78 is 11.7. The first-order chi connectivity index (χ1) is 16.0. The Labute approximate surface area is 205 Å². The molecule has 2 aromatic carbocycles. The number of hydrogen-bond acceptors (Lipinski definition) is 8. The van der Waals surface area contributed by atoms with Gasteiger partial charge in [-0.25, -0.2) is 15.0 Å². The van der Waals surface area contributed by atoms with Crippen LogP contribution in [0.25, 0.3) is 10.9 Å². The second kappa shape index (κ2) is 9.30. The molecule has 4 aromatic rings. The SMILES string of the molecule is COc1cc2c(Nc3ccc(Cl)c(Cl)c3)ncnc2cc1OCc1nc2c(s1)CN(C)CC2. The highest BCUT2D eigenvalue weighted by molar-refractivity contribution is 7.11. The van der Waals surface area contributed by atoms with Crippen LogP contribution in [0.3, 0.4) is 0 Å². The number of fused-ring (bicyclic) bond motifs is 2. The monoisotopic (exact) mass is 501 g/mol. The Hall–Kier alpha value is -2.65. The minimum atomic E-state index is 0.378. The molecular formula is C23H21Cl2N5O2S. The number of anilines is 2. The molecule has 0 saturated heterocycles. The van der Waals surface area contributed by atoms with Crippen LogP contribution in [0.15, 0.2) is 36.7 Å². The van der Waals surface area contributed by atoms with E-state index in [-0.39, 0.29) is 0 Å². The predicted molar refractivity (Wildman–Crippen MR) is 132 cm³/mol. The van der Waals surface area contributed by atoms with Crippen LogP contribution < -0.4 is 14.8 Å². The quantitative estimate of drug-likeness (QED) is 0.362. The van der Waals surface area contributed by atoms with E-state index in [1.807, 2.05) is 18.2 Å². The molecular weight excluding hydrogens is 481 g/mol. The number of thiazole rings is 1. The first-order valence-corrected chi connectivity index (χ1v) is 11.9. The lowest BCUT2D eigenvalue weighted by Crippen LogP contribution is -2.25. The largest absolute Gasteiger partial charge is 0.493 e. The summed E-state index contributed by atoms with van der Waals surface area (Å²) in [5.41, 5.74) is 2.68. The average Bonchev–Trinajstić information content (AvgIpc) is 3.21. The van der Waals surface area contributed by atoms with Crippen molar-refractivity contribution in [2.45, 2.75) is 19.6 Å². The fourth-order valence-electron chi connectivity index (χ4n) is 3.72. The molecule has 1 aliphatic rings. The first-order valence-electron chi connectivity index (χ1n) is 10.3. The molecule has 0 aliphatic carbocycles. The summed E-state index contributed by atoms with van der Waals surface area (Å²) in [4.78, 5) is 17.2. The van der Waals surface area contributed by atoms with Gasteiger partial charge in [0.2, 0.25) is 0 Å². The Morgan fingerprint density at radius 2 is 2.00 bits per heavy atom. The fraction of sp³-hybridized carbons (Fsp3) is 0.261. The van der Waals surface area contributed by atoms with Crippen molar-refractivity contribution in [3.05, 3.63) is 62.3 Å². The van der Waals surface area contributed by atoms with Gasteiger partial charge in [0.25, 0.3) is 0 Å². The van der Waals surface area contributed by atoms with E-state index >= 15 is 0 Å². The summed E-state index contributed by atoms with van der Waals surface area (Å²) in [5, 5.41) is 5.98. The zero-order valence-corrected chi connectivity index (χ0v) is 20.4. The van der Waals surface area contributed by atoms with Gasteiger partial charge in [0.15, 0.2) is 11.5 Å². The van der Waals surface area contributed by atoms with E-state index in [1.165, 1.54) is 16.9 Å². The van der Waals surface area contributed by atoms with Crippen LogP contribution in [0.1, 0.15) is 15.6 Å². The number of ether oxygens (including phenoxy) is 2. The zero-order valence-electron chi connectivity index (χ0n) is 18.1. The van der Waals surface area contributed by atoms with Crippen molar-refractivity contribution in [1.29, 1.82) is 0 Å². The second-order valence-corrected chi connectivity index (χ2v) is 9.73. The lowest BCUT2D eigenvalue weighted by atomic mass is 10.2. The molecule has 2 aromatic heterocycles. The van der Waals surface area contributed by atoms with Gasteiger partial charge in [-0.2, -0.15) is 0 Å². The third kappa shape index (κ3) is 4.70. The van der Waals surface area contributed by atoms with Gasteiger partial charge in [-0.15, -0.1) is 11.3 Å². The number of nitrogens with one attached hydrogen (secondary N) is 1. The summed E-state index contributed by atoms with van der Waals surface area (Å²) in [5.74, 6) is 1.82. The zero-order chi connectivity index (χ0) is 22.9. The fourth-order valence-corrected chi connectivity index (χ4v) is 5.13. The topological polar surface area (TPSA) is 72.4 Å². The van der Waals surface area contributed by atoms with Gasteiger partial charge in [-0.1, -0.05) is 23.2 Å². The molecule has 1 aliphatic heterocycles. The lowest BCUT2D eigenvalue weighted by molar-refractivity contribution is 0.284. The van der Waals surface area contributed by atoms with Crippen molar-refractivity contribution in [1.82, 2.24) is 19.9 Å². The van der Waals surface area contributed by atoms with Gasteiger partial charge < -0.3 is 19.7 Å². The van der Waals surface area contributed by atoms with E-state index in [9.17, 15) is 0 Å². The van der Waals surface area contributed by atoms with Crippen molar-refractivity contribution in [3.63, 3.8) is 0 Å². The van der Waals surface area contributed by atoms with Crippen LogP contribution in [0.4, 0.5) is 11.5 Å². The van der Waals surface area contributed by atoms with E-state index in [0.29, 0.717) is 34.0 Å². The van der Waals surface area contributed by atoms with Gasteiger partial charge in [0.05, 0.1) is 28.4 Å². The number of nitrogens with zero attached hydrogens (tertiary/aromatic N) is 4. The van der Waals surface area contributed by atoms with Crippen LogP contribution in [0, 0.1) is 0 Å². The molecule has 0 amide bonds. The molecule has 0 radical (unpaired) electrons. The summed E-state index contributed by atoms with van der Waals surface area (Å²) >= 11 is 13.9. The summed E-state index contributed by atoms with van der Waals surface area (Å²) in [6.07, 6.45) is 2.48. The Morgan fingerprint density at radius 1 is 1.12 bits per heavy atom. The summed E-state index contributed by atoms with van der Waals surface area (Å²) in [6, 6.07) is 9.04. The number of hydrogen-bond donors (Lipinski definition) is 1. The van der Waals surface area contributed by atoms with Crippen molar-refractivity contribution in [3.8, 4) is 11.5 Å². The molecule has 1 N–H and O–H groups in total. The average molecular weight is 502 g/mol. The predicted octanol–water partition coefficient (Wildman–Crippen LogP) is 5.71. The van der Waals surface area contributed by atoms with Crippen LogP contribution >= 0.6 is 34.5 Å². The van der Waals surface area contributed by atoms with Gasteiger partial charge in [0.1, 0.15) is 23.8 Å². The van der Waals surface area contributed by atoms with E-state index in [4.69, 9.17) is 37.7 Å². The minimum absolute atomic E-state index is 0.378. The molecule has 3 heterocycles. The van der Waals surface area contributed by atoms with E-state index in [0.717, 1.165) is 41.1 Å².